The van der Waals surface area contributed by atoms with Crippen molar-refractivity contribution in [2.75, 3.05) is 6.54 Å². The van der Waals surface area contributed by atoms with Gasteiger partial charge in [0.1, 0.15) is 0 Å². The molecule has 0 aromatic carbocycles. The third-order valence-corrected chi connectivity index (χ3v) is 3.43. The van der Waals surface area contributed by atoms with Gasteiger partial charge in [-0.15, -0.1) is 11.3 Å². The zero-order valence-electron chi connectivity index (χ0n) is 10.5. The molecule has 1 rings (SSSR count). The monoisotopic (exact) mass is 226 g/mol. The Hall–Kier alpha value is -0.410. The van der Waals surface area contributed by atoms with Crippen molar-refractivity contribution in [1.82, 2.24) is 10.3 Å². The van der Waals surface area contributed by atoms with E-state index < -0.39 is 0 Å². The second-order valence-corrected chi connectivity index (χ2v) is 6.32. The van der Waals surface area contributed by atoms with Crippen LogP contribution in [0.15, 0.2) is 0 Å². The van der Waals surface area contributed by atoms with Crippen LogP contribution in [0.1, 0.15) is 42.8 Å². The van der Waals surface area contributed by atoms with E-state index >= 15 is 0 Å². The second-order valence-electron chi connectivity index (χ2n) is 5.03. The maximum atomic E-state index is 4.53. The van der Waals surface area contributed by atoms with Gasteiger partial charge in [0.15, 0.2) is 0 Å². The van der Waals surface area contributed by atoms with E-state index in [1.54, 1.807) is 0 Å². The highest BCUT2D eigenvalue weighted by molar-refractivity contribution is 7.11. The molecule has 3 heteroatoms. The lowest BCUT2D eigenvalue weighted by Crippen LogP contribution is -2.36. The molecule has 2 nitrogen and oxygen atoms in total. The van der Waals surface area contributed by atoms with Crippen LogP contribution in [0.25, 0.3) is 0 Å². The van der Waals surface area contributed by atoms with Gasteiger partial charge >= 0.3 is 0 Å². The molecule has 0 radical (unpaired) electrons. The summed E-state index contributed by atoms with van der Waals surface area (Å²) in [7, 11) is 0. The first kappa shape index (κ1) is 12.7. The minimum absolute atomic E-state index is 0.231. The van der Waals surface area contributed by atoms with E-state index in [4.69, 9.17) is 0 Å². The Morgan fingerprint density at radius 1 is 1.27 bits per heavy atom. The van der Waals surface area contributed by atoms with E-state index in [9.17, 15) is 0 Å². The maximum Gasteiger partial charge on any atom is 0.0931 e. The Labute approximate surface area is 97.1 Å². The van der Waals surface area contributed by atoms with E-state index in [1.807, 2.05) is 11.3 Å². The standard InChI is InChI=1S/C12H22N2S/c1-9-10(2)15-11(14-9)7-6-8-13-12(3,4)5/h13H,6-8H2,1-5H3. The van der Waals surface area contributed by atoms with Crippen molar-refractivity contribution in [2.45, 2.75) is 53.0 Å². The Morgan fingerprint density at radius 2 is 1.93 bits per heavy atom. The van der Waals surface area contributed by atoms with E-state index in [-0.39, 0.29) is 5.54 Å². The fourth-order valence-corrected chi connectivity index (χ4v) is 2.32. The number of nitrogens with one attached hydrogen (secondary N) is 1. The SMILES string of the molecule is Cc1nc(CCCNC(C)(C)C)sc1C. The Kier molecular flexibility index (Phi) is 4.29. The number of hydrogen-bond donors (Lipinski definition) is 1. The van der Waals surface area contributed by atoms with Crippen molar-refractivity contribution in [3.8, 4) is 0 Å². The van der Waals surface area contributed by atoms with Gasteiger partial charge in [-0.3, -0.25) is 0 Å². The molecule has 1 aromatic rings. The van der Waals surface area contributed by atoms with E-state index in [0.29, 0.717) is 0 Å². The summed E-state index contributed by atoms with van der Waals surface area (Å²) < 4.78 is 0. The van der Waals surface area contributed by atoms with Crippen LogP contribution >= 0.6 is 11.3 Å². The molecule has 0 amide bonds. The molecule has 86 valence electrons. The summed E-state index contributed by atoms with van der Waals surface area (Å²) in [6, 6.07) is 0. The molecular weight excluding hydrogens is 204 g/mol. The van der Waals surface area contributed by atoms with Crippen LogP contribution in [0.5, 0.6) is 0 Å². The molecule has 0 aliphatic carbocycles. The van der Waals surface area contributed by atoms with Gasteiger partial charge < -0.3 is 5.32 Å². The van der Waals surface area contributed by atoms with Crippen LogP contribution in [0, 0.1) is 13.8 Å². The molecular formula is C12H22N2S. The topological polar surface area (TPSA) is 24.9 Å². The average Bonchev–Trinajstić information content (AvgIpc) is 2.39. The predicted octanol–water partition coefficient (Wildman–Crippen LogP) is 3.08. The van der Waals surface area contributed by atoms with Gasteiger partial charge in [-0.1, -0.05) is 0 Å². The molecule has 1 aromatic heterocycles. The van der Waals surface area contributed by atoms with Gasteiger partial charge in [0.2, 0.25) is 0 Å². The van der Waals surface area contributed by atoms with Gasteiger partial charge in [0.05, 0.1) is 10.7 Å². The Balaban J connectivity index is 2.26. The highest BCUT2D eigenvalue weighted by Gasteiger charge is 2.08. The highest BCUT2D eigenvalue weighted by atomic mass is 32.1. The lowest BCUT2D eigenvalue weighted by Gasteiger charge is -2.20. The summed E-state index contributed by atoms with van der Waals surface area (Å²) in [4.78, 5) is 5.89. The van der Waals surface area contributed by atoms with Crippen LogP contribution in [0.2, 0.25) is 0 Å². The van der Waals surface area contributed by atoms with Gasteiger partial charge in [-0.25, -0.2) is 4.98 Å². The van der Waals surface area contributed by atoms with E-state index in [0.717, 1.165) is 13.0 Å². The minimum Gasteiger partial charge on any atom is -0.312 e. The lowest BCUT2D eigenvalue weighted by molar-refractivity contribution is 0.422. The van der Waals surface area contributed by atoms with Crippen molar-refractivity contribution in [3.05, 3.63) is 15.6 Å². The molecule has 0 bridgehead atoms. The molecule has 0 spiro atoms. The quantitative estimate of drug-likeness (QED) is 0.798. The van der Waals surface area contributed by atoms with Crippen molar-refractivity contribution in [1.29, 1.82) is 0 Å². The normalized spacial score (nSPS) is 12.1. The number of aryl methyl sites for hydroxylation is 3. The molecule has 15 heavy (non-hydrogen) atoms. The first-order valence-electron chi connectivity index (χ1n) is 5.56. The van der Waals surface area contributed by atoms with E-state index in [1.165, 1.54) is 22.0 Å². The largest absolute Gasteiger partial charge is 0.312 e. The first-order valence-corrected chi connectivity index (χ1v) is 6.38. The minimum atomic E-state index is 0.231. The molecule has 0 atom stereocenters. The van der Waals surface area contributed by atoms with Crippen molar-refractivity contribution >= 4 is 11.3 Å². The van der Waals surface area contributed by atoms with Crippen LogP contribution in [-0.2, 0) is 6.42 Å². The molecule has 0 fully saturated rings. The summed E-state index contributed by atoms with van der Waals surface area (Å²) >= 11 is 1.83. The molecule has 0 saturated heterocycles. The number of nitrogens with zero attached hydrogens (tertiary/aromatic N) is 1. The Morgan fingerprint density at radius 3 is 2.40 bits per heavy atom. The molecule has 0 unspecified atom stereocenters. The number of hydrogen-bond acceptors (Lipinski definition) is 3. The second kappa shape index (κ2) is 5.08. The third kappa shape index (κ3) is 4.76. The summed E-state index contributed by atoms with van der Waals surface area (Å²) in [6.07, 6.45) is 2.27. The summed E-state index contributed by atoms with van der Waals surface area (Å²) in [6.45, 7) is 11.9. The molecule has 0 aliphatic rings. The zero-order valence-corrected chi connectivity index (χ0v) is 11.3. The Bertz CT molecular complexity index is 290. The third-order valence-electron chi connectivity index (χ3n) is 2.30. The van der Waals surface area contributed by atoms with Gasteiger partial charge in [0.25, 0.3) is 0 Å². The first-order chi connectivity index (χ1) is 6.88. The van der Waals surface area contributed by atoms with Crippen LogP contribution in [-0.4, -0.2) is 17.1 Å². The number of rotatable bonds is 4. The van der Waals surface area contributed by atoms with Crippen molar-refractivity contribution in [2.24, 2.45) is 0 Å². The smallest absolute Gasteiger partial charge is 0.0931 e. The average molecular weight is 226 g/mol. The number of thiazole rings is 1. The molecule has 0 saturated carbocycles. The van der Waals surface area contributed by atoms with Gasteiger partial charge in [-0.05, 0) is 47.6 Å². The van der Waals surface area contributed by atoms with Crippen LogP contribution in [0.3, 0.4) is 0 Å². The van der Waals surface area contributed by atoms with Crippen LogP contribution in [0.4, 0.5) is 0 Å². The summed E-state index contributed by atoms with van der Waals surface area (Å²) in [5, 5.41) is 4.77. The van der Waals surface area contributed by atoms with Crippen molar-refractivity contribution < 1.29 is 0 Å². The fourth-order valence-electron chi connectivity index (χ4n) is 1.35. The molecule has 0 aliphatic heterocycles. The highest BCUT2D eigenvalue weighted by Crippen LogP contribution is 2.17. The van der Waals surface area contributed by atoms with E-state index in [2.05, 4.69) is 44.9 Å². The van der Waals surface area contributed by atoms with Gasteiger partial charge in [-0.2, -0.15) is 0 Å². The molecule has 1 N–H and O–H groups in total. The van der Waals surface area contributed by atoms with Crippen molar-refractivity contribution in [3.63, 3.8) is 0 Å². The van der Waals surface area contributed by atoms with Gasteiger partial charge in [0, 0.05) is 16.8 Å². The lowest BCUT2D eigenvalue weighted by atomic mass is 10.1. The summed E-state index contributed by atoms with van der Waals surface area (Å²) in [5.74, 6) is 0. The van der Waals surface area contributed by atoms with Crippen LogP contribution < -0.4 is 5.32 Å². The summed E-state index contributed by atoms with van der Waals surface area (Å²) in [5.41, 5.74) is 1.42. The predicted molar refractivity (Wildman–Crippen MR) is 67.7 cm³/mol. The molecule has 1 heterocycles. The number of aromatic nitrogens is 1. The maximum absolute atomic E-state index is 4.53. The zero-order chi connectivity index (χ0) is 11.5. The fraction of sp³-hybridized carbons (Fsp3) is 0.750.